The van der Waals surface area contributed by atoms with Gasteiger partial charge in [0.1, 0.15) is 17.0 Å². The fourth-order valence-electron chi connectivity index (χ4n) is 2.92. The van der Waals surface area contributed by atoms with Crippen LogP contribution in [0.4, 0.5) is 11.4 Å². The van der Waals surface area contributed by atoms with Gasteiger partial charge < -0.3 is 10.0 Å². The smallest absolute Gasteiger partial charge is 0.350 e. The molecule has 2 aliphatic rings. The number of carbonyl (C=O) groups is 1. The first kappa shape index (κ1) is 14.3. The van der Waals surface area contributed by atoms with Crippen molar-refractivity contribution in [2.45, 2.75) is 0 Å². The van der Waals surface area contributed by atoms with Crippen LogP contribution in [0.3, 0.4) is 0 Å². The van der Waals surface area contributed by atoms with Crippen molar-refractivity contribution in [1.82, 2.24) is 4.98 Å². The van der Waals surface area contributed by atoms with E-state index in [1.54, 1.807) is 36.5 Å². The molecule has 24 heavy (non-hydrogen) atoms. The van der Waals surface area contributed by atoms with E-state index in [-0.39, 0.29) is 11.7 Å². The van der Waals surface area contributed by atoms with E-state index in [9.17, 15) is 9.90 Å². The summed E-state index contributed by atoms with van der Waals surface area (Å²) in [5, 5.41) is 9.41. The molecule has 1 aliphatic heterocycles. The van der Waals surface area contributed by atoms with Crippen LogP contribution < -0.4 is 4.90 Å². The van der Waals surface area contributed by atoms with Gasteiger partial charge >= 0.3 is 5.91 Å². The van der Waals surface area contributed by atoms with Crippen molar-refractivity contribution in [2.24, 2.45) is 4.99 Å². The molecule has 6 heteroatoms. The number of phenolic OH excluding ortho intramolecular Hbond substituents is 1. The predicted molar refractivity (Wildman–Crippen MR) is 92.2 cm³/mol. The lowest BCUT2D eigenvalue weighted by Crippen LogP contribution is -2.27. The van der Waals surface area contributed by atoms with E-state index >= 15 is 0 Å². The SMILES string of the molecule is CN(C)c1ccnc2c1C1=NC=[N+](c3ccc(O)cc3)C(=O)C1=C2. The Bertz CT molecular complexity index is 953. The van der Waals surface area contributed by atoms with E-state index in [0.717, 1.165) is 16.9 Å². The molecule has 1 N–H and O–H groups in total. The van der Waals surface area contributed by atoms with Gasteiger partial charge in [0, 0.05) is 20.3 Å². The van der Waals surface area contributed by atoms with Gasteiger partial charge in [0.05, 0.1) is 16.9 Å². The topological polar surface area (TPSA) is 68.8 Å². The number of fused-ring (bicyclic) bond motifs is 3. The van der Waals surface area contributed by atoms with Crippen LogP contribution in [0.5, 0.6) is 5.75 Å². The van der Waals surface area contributed by atoms with Gasteiger partial charge in [-0.05, 0) is 41.4 Å². The Hall–Kier alpha value is -3.28. The van der Waals surface area contributed by atoms with Crippen LogP contribution in [0.1, 0.15) is 11.3 Å². The van der Waals surface area contributed by atoms with E-state index in [2.05, 4.69) is 9.98 Å². The highest BCUT2D eigenvalue weighted by atomic mass is 16.3. The highest BCUT2D eigenvalue weighted by molar-refractivity contribution is 6.36. The van der Waals surface area contributed by atoms with Crippen molar-refractivity contribution in [3.8, 4) is 5.75 Å². The van der Waals surface area contributed by atoms with Gasteiger partial charge in [-0.2, -0.15) is 4.58 Å². The van der Waals surface area contributed by atoms with Crippen molar-refractivity contribution in [1.29, 1.82) is 0 Å². The maximum atomic E-state index is 12.9. The second-order valence-corrected chi connectivity index (χ2v) is 5.83. The molecule has 118 valence electrons. The monoisotopic (exact) mass is 319 g/mol. The lowest BCUT2D eigenvalue weighted by atomic mass is 10.1. The first-order valence-electron chi connectivity index (χ1n) is 7.49. The van der Waals surface area contributed by atoms with Gasteiger partial charge in [0.2, 0.25) is 5.71 Å². The summed E-state index contributed by atoms with van der Waals surface area (Å²) in [4.78, 5) is 23.7. The van der Waals surface area contributed by atoms with Crippen molar-refractivity contribution < 1.29 is 14.5 Å². The minimum atomic E-state index is -0.159. The molecule has 0 saturated carbocycles. The minimum absolute atomic E-state index is 0.153. The van der Waals surface area contributed by atoms with Gasteiger partial charge in [0.25, 0.3) is 6.34 Å². The number of aliphatic imine (C=N–C) groups is 1. The molecule has 1 amide bonds. The molecule has 4 rings (SSSR count). The summed E-state index contributed by atoms with van der Waals surface area (Å²) >= 11 is 0. The molecule has 1 aromatic heterocycles. The van der Waals surface area contributed by atoms with Crippen LogP contribution >= 0.6 is 0 Å². The number of phenols is 1. The van der Waals surface area contributed by atoms with Gasteiger partial charge in [-0.1, -0.05) is 0 Å². The molecule has 1 aliphatic carbocycles. The normalized spacial score (nSPS) is 15.2. The summed E-state index contributed by atoms with van der Waals surface area (Å²) in [6.07, 6.45) is 5.03. The molecule has 0 radical (unpaired) electrons. The highest BCUT2D eigenvalue weighted by Crippen LogP contribution is 2.34. The Balaban J connectivity index is 1.84. The van der Waals surface area contributed by atoms with E-state index in [0.29, 0.717) is 17.0 Å². The van der Waals surface area contributed by atoms with Crippen molar-refractivity contribution in [3.63, 3.8) is 0 Å². The third kappa shape index (κ3) is 2.04. The predicted octanol–water partition coefficient (Wildman–Crippen LogP) is 1.95. The summed E-state index contributed by atoms with van der Waals surface area (Å²) in [5.74, 6) is -0.00638. The number of hydrogen-bond acceptors (Lipinski definition) is 5. The lowest BCUT2D eigenvalue weighted by molar-refractivity contribution is -0.358. The fourth-order valence-corrected chi connectivity index (χ4v) is 2.92. The number of aromatic nitrogens is 1. The first-order valence-corrected chi connectivity index (χ1v) is 7.49. The Kier molecular flexibility index (Phi) is 3.06. The standard InChI is InChI=1S/C18H14N4O2/c1-21(2)15-7-8-19-14-9-13-17(16(14)15)20-10-22(18(13)24)11-3-5-12(23)6-4-11/h3-10H,1-2H3/p+1. The Morgan fingerprint density at radius 2 is 1.88 bits per heavy atom. The minimum Gasteiger partial charge on any atom is -0.508 e. The molecule has 0 unspecified atom stereocenters. The number of rotatable bonds is 2. The molecular weight excluding hydrogens is 304 g/mol. The average molecular weight is 319 g/mol. The highest BCUT2D eigenvalue weighted by Gasteiger charge is 2.39. The number of anilines is 1. The summed E-state index contributed by atoms with van der Waals surface area (Å²) in [6, 6.07) is 8.35. The van der Waals surface area contributed by atoms with Gasteiger partial charge in [-0.25, -0.2) is 4.79 Å². The third-order valence-electron chi connectivity index (χ3n) is 4.09. The molecule has 2 heterocycles. The van der Waals surface area contributed by atoms with E-state index < -0.39 is 0 Å². The summed E-state index contributed by atoms with van der Waals surface area (Å²) < 4.78 is 1.47. The van der Waals surface area contributed by atoms with Crippen LogP contribution in [-0.2, 0) is 4.79 Å². The molecule has 2 aromatic rings. The number of nitrogens with zero attached hydrogens (tertiary/aromatic N) is 4. The van der Waals surface area contributed by atoms with E-state index in [1.165, 1.54) is 10.9 Å². The van der Waals surface area contributed by atoms with Gasteiger partial charge in [0.15, 0.2) is 0 Å². The van der Waals surface area contributed by atoms with E-state index in [4.69, 9.17) is 0 Å². The zero-order valence-corrected chi connectivity index (χ0v) is 13.3. The second kappa shape index (κ2) is 5.13. The number of aromatic hydroxyl groups is 1. The summed E-state index contributed by atoms with van der Waals surface area (Å²) in [6.45, 7) is 0. The van der Waals surface area contributed by atoms with Gasteiger partial charge in [-0.3, -0.25) is 4.98 Å². The Labute approximate surface area is 138 Å². The molecule has 1 aromatic carbocycles. The quantitative estimate of drug-likeness (QED) is 0.859. The van der Waals surface area contributed by atoms with Crippen LogP contribution in [0, 0.1) is 0 Å². The van der Waals surface area contributed by atoms with Crippen molar-refractivity contribution >= 4 is 35.4 Å². The van der Waals surface area contributed by atoms with Crippen molar-refractivity contribution in [2.75, 3.05) is 19.0 Å². The number of pyridine rings is 1. The molecule has 0 spiro atoms. The molecular formula is C18H15N4O2+. The lowest BCUT2D eigenvalue weighted by Gasteiger charge is -2.16. The summed E-state index contributed by atoms with van der Waals surface area (Å²) in [5.41, 5.74) is 4.45. The Morgan fingerprint density at radius 3 is 2.58 bits per heavy atom. The summed E-state index contributed by atoms with van der Waals surface area (Å²) in [7, 11) is 3.90. The van der Waals surface area contributed by atoms with Crippen LogP contribution in [0.2, 0.25) is 0 Å². The fraction of sp³-hybridized carbons (Fsp3) is 0.111. The van der Waals surface area contributed by atoms with Crippen LogP contribution in [0.25, 0.3) is 6.08 Å². The van der Waals surface area contributed by atoms with Gasteiger partial charge in [-0.15, -0.1) is 0 Å². The number of benzene rings is 1. The maximum Gasteiger partial charge on any atom is 0.350 e. The molecule has 0 atom stereocenters. The number of amides is 1. The zero-order valence-electron chi connectivity index (χ0n) is 13.3. The zero-order chi connectivity index (χ0) is 16.8. The van der Waals surface area contributed by atoms with E-state index in [1.807, 2.05) is 25.1 Å². The number of carbonyl (C=O) groups excluding carboxylic acids is 1. The Morgan fingerprint density at radius 1 is 1.12 bits per heavy atom. The second-order valence-electron chi connectivity index (χ2n) is 5.83. The third-order valence-corrected chi connectivity index (χ3v) is 4.09. The molecule has 0 fully saturated rings. The molecule has 0 bridgehead atoms. The number of hydrogen-bond donors (Lipinski definition) is 1. The first-order chi connectivity index (χ1) is 11.6. The van der Waals surface area contributed by atoms with Crippen LogP contribution in [0.15, 0.2) is 47.1 Å². The average Bonchev–Trinajstić information content (AvgIpc) is 2.96. The van der Waals surface area contributed by atoms with Crippen LogP contribution in [-0.4, -0.2) is 46.7 Å². The molecule has 0 saturated heterocycles. The molecule has 6 nitrogen and oxygen atoms in total. The largest absolute Gasteiger partial charge is 0.508 e. The maximum absolute atomic E-state index is 12.9. The van der Waals surface area contributed by atoms with Crippen molar-refractivity contribution in [3.05, 3.63) is 53.4 Å².